The Morgan fingerprint density at radius 3 is 1.84 bits per heavy atom. The fourth-order valence-electron chi connectivity index (χ4n) is 6.76. The Bertz CT molecular complexity index is 2510. The molecule has 5 atom stereocenters. The van der Waals surface area contributed by atoms with Crippen molar-refractivity contribution in [2.45, 2.75) is 68.7 Å². The summed E-state index contributed by atoms with van der Waals surface area (Å²) in [6.45, 7) is -0.629. The Morgan fingerprint density at radius 2 is 1.22 bits per heavy atom. The molecule has 11 N–H and O–H groups in total. The van der Waals surface area contributed by atoms with Gasteiger partial charge in [0.25, 0.3) is 0 Å². The normalized spacial score (nSPS) is 13.4. The SMILES string of the molecule is CSCC[C@H](NC(=O)Cc1ccc(OS(=O)(=O)O)cc1)C(=O)NCC(=O)N[C@@H](Cc1c[nH]c2ccccc12)C(=O)N[C@@H](CCSC)C(=O)N[C@@H](CC(=O)O)C(=O)N[C@@H](Cc1ccccc1)C(N)=O. The second kappa shape index (κ2) is 26.6. The molecular formula is C44H54N8O13S3. The van der Waals surface area contributed by atoms with E-state index in [-0.39, 0.29) is 37.9 Å². The van der Waals surface area contributed by atoms with E-state index in [0.717, 1.165) is 10.9 Å². The molecule has 4 aromatic rings. The number of aromatic amines is 1. The zero-order valence-corrected chi connectivity index (χ0v) is 39.5. The second-order valence-electron chi connectivity index (χ2n) is 15.3. The van der Waals surface area contributed by atoms with Gasteiger partial charge in [-0.3, -0.25) is 42.9 Å². The first-order chi connectivity index (χ1) is 32.3. The number of fused-ring (bicyclic) bond motifs is 1. The van der Waals surface area contributed by atoms with Gasteiger partial charge in [0, 0.05) is 29.9 Å². The molecule has 0 unspecified atom stereocenters. The monoisotopic (exact) mass is 998 g/mol. The number of carboxylic acid groups (broad SMARTS) is 1. The Kier molecular flexibility index (Phi) is 21.1. The van der Waals surface area contributed by atoms with Gasteiger partial charge in [0.1, 0.15) is 36.0 Å². The fourth-order valence-corrected chi connectivity index (χ4v) is 8.06. The Hall–Kier alpha value is -6.63. The third kappa shape index (κ3) is 18.2. The minimum absolute atomic E-state index is 0.00993. The molecule has 0 radical (unpaired) electrons. The van der Waals surface area contributed by atoms with Crippen LogP contribution in [0.5, 0.6) is 5.75 Å². The third-order valence-electron chi connectivity index (χ3n) is 10.1. The van der Waals surface area contributed by atoms with Crippen molar-refractivity contribution in [1.29, 1.82) is 0 Å². The number of hydrogen-bond donors (Lipinski definition) is 10. The van der Waals surface area contributed by atoms with E-state index in [1.165, 1.54) is 47.8 Å². The summed E-state index contributed by atoms with van der Waals surface area (Å²) in [5.41, 5.74) is 8.00. The number of aromatic nitrogens is 1. The van der Waals surface area contributed by atoms with Crippen molar-refractivity contribution >= 4 is 92.1 Å². The molecule has 24 heteroatoms. The van der Waals surface area contributed by atoms with Crippen molar-refractivity contribution in [1.82, 2.24) is 36.9 Å². The maximum Gasteiger partial charge on any atom is 0.446 e. The number of nitrogens with two attached hydrogens (primary N) is 1. The highest BCUT2D eigenvalue weighted by molar-refractivity contribution is 7.98. The molecule has 0 saturated heterocycles. The first kappa shape index (κ1) is 54.0. The van der Waals surface area contributed by atoms with Gasteiger partial charge >= 0.3 is 16.4 Å². The molecule has 0 fully saturated rings. The van der Waals surface area contributed by atoms with E-state index in [9.17, 15) is 51.9 Å². The molecule has 1 aromatic heterocycles. The maximum absolute atomic E-state index is 14.2. The summed E-state index contributed by atoms with van der Waals surface area (Å²) >= 11 is 2.75. The van der Waals surface area contributed by atoms with Crippen molar-refractivity contribution < 1.29 is 60.6 Å². The van der Waals surface area contributed by atoms with Crippen molar-refractivity contribution in [2.75, 3.05) is 30.6 Å². The molecule has 1 heterocycles. The summed E-state index contributed by atoms with van der Waals surface area (Å²) < 4.78 is 35.3. The number of aliphatic carboxylic acids is 1. The largest absolute Gasteiger partial charge is 0.481 e. The molecule has 0 spiro atoms. The molecule has 21 nitrogen and oxygen atoms in total. The number of carbonyl (C=O) groups excluding carboxylic acids is 7. The zero-order valence-electron chi connectivity index (χ0n) is 37.0. The Labute approximate surface area is 400 Å². The van der Waals surface area contributed by atoms with Gasteiger partial charge in [-0.15, -0.1) is 0 Å². The van der Waals surface area contributed by atoms with Crippen molar-refractivity contribution in [3.05, 3.63) is 102 Å². The molecule has 68 heavy (non-hydrogen) atoms. The average Bonchev–Trinajstić information content (AvgIpc) is 3.70. The highest BCUT2D eigenvalue weighted by Gasteiger charge is 2.33. The van der Waals surface area contributed by atoms with Crippen LogP contribution in [0.3, 0.4) is 0 Å². The fraction of sp³-hybridized carbons (Fsp3) is 0.364. The lowest BCUT2D eigenvalue weighted by atomic mass is 10.0. The lowest BCUT2D eigenvalue weighted by Gasteiger charge is -2.26. The average molecular weight is 999 g/mol. The van der Waals surface area contributed by atoms with Crippen LogP contribution in [0.15, 0.2) is 85.1 Å². The summed E-state index contributed by atoms with van der Waals surface area (Å²) in [5.74, 6) is -6.56. The number of amides is 7. The van der Waals surface area contributed by atoms with Gasteiger partial charge in [-0.25, -0.2) is 0 Å². The zero-order chi connectivity index (χ0) is 49.8. The smallest absolute Gasteiger partial charge is 0.446 e. The van der Waals surface area contributed by atoms with E-state index in [1.807, 2.05) is 6.07 Å². The molecule has 4 rings (SSSR count). The number of carbonyl (C=O) groups is 8. The summed E-state index contributed by atoms with van der Waals surface area (Å²) in [5, 5.41) is 25.6. The molecular weight excluding hydrogens is 945 g/mol. The van der Waals surface area contributed by atoms with Crippen molar-refractivity contribution in [3.8, 4) is 5.75 Å². The lowest BCUT2D eigenvalue weighted by molar-refractivity contribution is -0.141. The van der Waals surface area contributed by atoms with Gasteiger partial charge < -0.3 is 51.9 Å². The van der Waals surface area contributed by atoms with E-state index in [2.05, 4.69) is 41.1 Å². The van der Waals surface area contributed by atoms with Crippen LogP contribution < -0.4 is 41.8 Å². The number of primary amides is 1. The lowest BCUT2D eigenvalue weighted by Crippen LogP contribution is -2.59. The van der Waals surface area contributed by atoms with E-state index >= 15 is 0 Å². The minimum Gasteiger partial charge on any atom is -0.481 e. The van der Waals surface area contributed by atoms with Crippen LogP contribution in [0.4, 0.5) is 0 Å². The van der Waals surface area contributed by atoms with Gasteiger partial charge in [-0.1, -0.05) is 60.7 Å². The molecule has 366 valence electrons. The number of rotatable bonds is 28. The first-order valence-corrected chi connectivity index (χ1v) is 25.1. The quantitative estimate of drug-likeness (QED) is 0.0344. The number of carboxylic acids is 1. The summed E-state index contributed by atoms with van der Waals surface area (Å²) in [6, 6.07) is 14.4. The number of para-hydroxylation sites is 1. The van der Waals surface area contributed by atoms with Gasteiger partial charge in [0.05, 0.1) is 19.4 Å². The molecule has 0 aliphatic carbocycles. The predicted molar refractivity (Wildman–Crippen MR) is 255 cm³/mol. The van der Waals surface area contributed by atoms with Crippen LogP contribution >= 0.6 is 23.5 Å². The summed E-state index contributed by atoms with van der Waals surface area (Å²) in [4.78, 5) is 109. The van der Waals surface area contributed by atoms with E-state index in [1.54, 1.807) is 67.2 Å². The molecule has 3 aromatic carbocycles. The first-order valence-electron chi connectivity index (χ1n) is 21.0. The minimum atomic E-state index is -4.75. The predicted octanol–water partition coefficient (Wildman–Crippen LogP) is 0.384. The number of benzene rings is 3. The van der Waals surface area contributed by atoms with Crippen LogP contribution in [-0.4, -0.2) is 131 Å². The van der Waals surface area contributed by atoms with Crippen LogP contribution in [0.25, 0.3) is 10.9 Å². The van der Waals surface area contributed by atoms with Crippen LogP contribution in [0, 0.1) is 0 Å². The van der Waals surface area contributed by atoms with Crippen molar-refractivity contribution in [2.24, 2.45) is 5.73 Å². The highest BCUT2D eigenvalue weighted by atomic mass is 32.3. The number of H-pyrrole nitrogens is 1. The van der Waals surface area contributed by atoms with Crippen molar-refractivity contribution in [3.63, 3.8) is 0 Å². The second-order valence-corrected chi connectivity index (χ2v) is 18.3. The Balaban J connectivity index is 1.48. The van der Waals surface area contributed by atoms with E-state index < -0.39 is 101 Å². The standard InChI is InChI=1S/C44H54N8O13S3/c1-66-18-16-32(48-37(53)21-27-12-14-29(15-13-27)65-68(62,63)64)41(58)47-25-38(54)49-35(22-28-24-46-31-11-7-6-10-30(28)31)43(60)50-33(17-19-67-2)42(59)52-36(23-39(55)56)44(61)51-34(40(45)57)20-26-8-4-3-5-9-26/h3-15,24,32-36,46H,16-23,25H2,1-2H3,(H2,45,57)(H,47,58)(H,48,53)(H,49,54)(H,50,60)(H,51,61)(H,52,59)(H,55,56)(H,62,63,64)/t32-,33-,34-,35-,36-/m0/s1. The summed E-state index contributed by atoms with van der Waals surface area (Å²) in [6.07, 6.45) is 4.21. The topological polar surface area (TPSA) is 334 Å². The summed E-state index contributed by atoms with van der Waals surface area (Å²) in [7, 11) is -4.75. The molecule has 0 bridgehead atoms. The van der Waals surface area contributed by atoms with E-state index in [0.29, 0.717) is 28.2 Å². The third-order valence-corrected chi connectivity index (χ3v) is 11.8. The highest BCUT2D eigenvalue weighted by Crippen LogP contribution is 2.20. The van der Waals surface area contributed by atoms with Crippen LogP contribution in [0.1, 0.15) is 36.0 Å². The maximum atomic E-state index is 14.2. The van der Waals surface area contributed by atoms with E-state index in [4.69, 9.17) is 10.3 Å². The molecule has 7 amide bonds. The van der Waals surface area contributed by atoms with Crippen LogP contribution in [0.2, 0.25) is 0 Å². The van der Waals surface area contributed by atoms with Gasteiger partial charge in [-0.05, 0) is 71.7 Å². The van der Waals surface area contributed by atoms with Gasteiger partial charge in [0.2, 0.25) is 41.4 Å². The van der Waals surface area contributed by atoms with Gasteiger partial charge in [-0.2, -0.15) is 31.9 Å². The number of nitrogens with one attached hydrogen (secondary N) is 7. The van der Waals surface area contributed by atoms with Crippen LogP contribution in [-0.2, 0) is 68.0 Å². The number of thioether (sulfide) groups is 2. The Morgan fingerprint density at radius 1 is 0.662 bits per heavy atom. The molecule has 0 aliphatic heterocycles. The molecule has 0 aliphatic rings. The molecule has 0 saturated carbocycles. The number of hydrogen-bond acceptors (Lipinski definition) is 13. The van der Waals surface area contributed by atoms with Gasteiger partial charge in [0.15, 0.2) is 0 Å².